The molecule has 0 bridgehead atoms. The molecule has 0 amide bonds. The lowest BCUT2D eigenvalue weighted by Crippen LogP contribution is -2.28. The van der Waals surface area contributed by atoms with Gasteiger partial charge in [-0.15, -0.1) is 32.9 Å². The van der Waals surface area contributed by atoms with Gasteiger partial charge in [0.05, 0.1) is 10.8 Å². The predicted octanol–water partition coefficient (Wildman–Crippen LogP) is 20.2. The van der Waals surface area contributed by atoms with Gasteiger partial charge in [-0.1, -0.05) is 231 Å². The molecule has 0 spiro atoms. The first-order valence-corrected chi connectivity index (χ1v) is 29.2. The maximum atomic E-state index is 6.95. The number of benzene rings is 12. The van der Waals surface area contributed by atoms with Crippen LogP contribution in [0.1, 0.15) is 44.5 Å². The molecule has 0 atom stereocenters. The Kier molecular flexibility index (Phi) is 10.2. The zero-order valence-corrected chi connectivity index (χ0v) is 45.3. The summed E-state index contributed by atoms with van der Waals surface area (Å²) in [6.45, 7) is 0. The molecule has 3 heterocycles. The Morgan fingerprint density at radius 3 is 0.938 bits per heavy atom. The predicted molar refractivity (Wildman–Crippen MR) is 336 cm³/mol. The molecule has 3 nitrogen and oxygen atoms in total. The van der Waals surface area contributed by atoms with Crippen LogP contribution in [0.25, 0.3) is 108 Å². The second kappa shape index (κ2) is 17.9. The van der Waals surface area contributed by atoms with Crippen molar-refractivity contribution in [2.45, 2.75) is 10.8 Å². The number of rotatable bonds is 8. The largest absolute Gasteiger partial charge is 0.416 e. The van der Waals surface area contributed by atoms with E-state index in [1.807, 2.05) is 22.7 Å². The minimum atomic E-state index is -0.659. The third-order valence-electron chi connectivity index (χ3n) is 17.5. The highest BCUT2D eigenvalue weighted by Crippen LogP contribution is 2.60. The van der Waals surface area contributed by atoms with E-state index in [0.29, 0.717) is 11.8 Å². The molecule has 0 radical (unpaired) electrons. The van der Waals surface area contributed by atoms with Gasteiger partial charge in [-0.05, 0) is 138 Å². The third-order valence-corrected chi connectivity index (χ3v) is 19.9. The highest BCUT2D eigenvalue weighted by Gasteiger charge is 2.48. The number of hydrogen-bond donors (Lipinski definition) is 0. The van der Waals surface area contributed by atoms with Crippen LogP contribution in [0.2, 0.25) is 0 Å². The summed E-state index contributed by atoms with van der Waals surface area (Å²) < 4.78 is 12.2. The van der Waals surface area contributed by atoms with Crippen molar-refractivity contribution in [3.8, 4) is 67.4 Å². The summed E-state index contributed by atoms with van der Waals surface area (Å²) in [5.41, 5.74) is 19.7. The summed E-state index contributed by atoms with van der Waals surface area (Å²) in [5.74, 6) is 0.939. The summed E-state index contributed by atoms with van der Waals surface area (Å²) in [7, 11) is 0. The Morgan fingerprint density at radius 2 is 0.568 bits per heavy atom. The van der Waals surface area contributed by atoms with Crippen molar-refractivity contribution in [3.63, 3.8) is 0 Å². The number of thiophene rings is 2. The van der Waals surface area contributed by atoms with Crippen molar-refractivity contribution in [1.29, 1.82) is 0 Å². The average molecular weight is 1070 g/mol. The Labute approximate surface area is 476 Å². The smallest absolute Gasteiger partial charge is 0.248 e. The fourth-order valence-corrected chi connectivity index (χ4v) is 16.5. The second-order valence-electron chi connectivity index (χ2n) is 21.5. The SMILES string of the molecule is c1ccc(C2(c3ccccc3)c3cc(-c4nnc(-c5ccc6c(c5)C(c5ccccc5)(c5ccccc5)c5cc(-c7cccc8c7sc7ccccc78)ccc5-6)o4)ccc3-c3ccc(-c4cccc5c4sc4ccccc45)cc32)cc1. The quantitative estimate of drug-likeness (QED) is 0.152. The number of hydrogen-bond acceptors (Lipinski definition) is 5. The Balaban J connectivity index is 0.815. The van der Waals surface area contributed by atoms with Gasteiger partial charge in [0, 0.05) is 51.5 Å². The van der Waals surface area contributed by atoms with Crippen LogP contribution in [0.5, 0.6) is 0 Å². The van der Waals surface area contributed by atoms with Crippen molar-refractivity contribution in [2.24, 2.45) is 0 Å². The van der Waals surface area contributed by atoms with Gasteiger partial charge in [-0.3, -0.25) is 0 Å². The van der Waals surface area contributed by atoms with Crippen LogP contribution in [-0.2, 0) is 10.8 Å². The molecule has 5 heteroatoms. The lowest BCUT2D eigenvalue weighted by molar-refractivity contribution is 0.584. The van der Waals surface area contributed by atoms with E-state index in [1.165, 1.54) is 129 Å². The van der Waals surface area contributed by atoms with E-state index in [9.17, 15) is 0 Å². The molecule has 0 saturated heterocycles. The summed E-state index contributed by atoms with van der Waals surface area (Å²) >= 11 is 3.75. The topological polar surface area (TPSA) is 38.9 Å². The van der Waals surface area contributed by atoms with Crippen LogP contribution in [-0.4, -0.2) is 10.2 Å². The number of aromatic nitrogens is 2. The summed E-state index contributed by atoms with van der Waals surface area (Å²) in [6, 6.07) is 103. The van der Waals surface area contributed by atoms with Gasteiger partial charge in [-0.25, -0.2) is 0 Å². The fourth-order valence-electron chi connectivity index (χ4n) is 14.0. The number of nitrogens with zero attached hydrogens (tertiary/aromatic N) is 2. The maximum Gasteiger partial charge on any atom is 0.248 e. The molecule has 0 saturated carbocycles. The van der Waals surface area contributed by atoms with E-state index in [-0.39, 0.29) is 0 Å². The minimum Gasteiger partial charge on any atom is -0.416 e. The van der Waals surface area contributed by atoms with E-state index in [0.717, 1.165) is 11.1 Å². The molecule has 0 fully saturated rings. The zero-order chi connectivity index (χ0) is 53.2. The van der Waals surface area contributed by atoms with E-state index < -0.39 is 10.8 Å². The average Bonchev–Trinajstić information content (AvgIpc) is 4.57. The first kappa shape index (κ1) is 46.2. The standard InChI is InChI=1S/C76H46N2OS2/c1-5-19-51(20-6-1)75(52-21-7-2-8-22-52)65-43-47(55-29-17-31-63-61-27-13-15-33-69(61)80-71(55)63)35-39-57(65)59-41-37-49(45-67(59)75)73-77-78-74(79-73)50-38-42-60-58-40-36-48(56-30-18-32-64-62-28-14-16-34-70(62)81-72(56)64)44-66(58)76(68(60)46-50,53-23-9-3-10-24-53)54-25-11-4-12-26-54/h1-46H. The molecular weight excluding hydrogens is 1020 g/mol. The van der Waals surface area contributed by atoms with Gasteiger partial charge >= 0.3 is 0 Å². The molecule has 0 aliphatic heterocycles. The van der Waals surface area contributed by atoms with Crippen molar-refractivity contribution in [1.82, 2.24) is 10.2 Å². The molecule has 15 aromatic rings. The molecule has 2 aliphatic carbocycles. The zero-order valence-electron chi connectivity index (χ0n) is 43.7. The molecule has 378 valence electrons. The van der Waals surface area contributed by atoms with Crippen LogP contribution in [0.15, 0.2) is 283 Å². The van der Waals surface area contributed by atoms with Gasteiger partial charge in [-0.2, -0.15) is 0 Å². The summed E-state index contributed by atoms with van der Waals surface area (Å²) in [5, 5.41) is 15.0. The van der Waals surface area contributed by atoms with Crippen molar-refractivity contribution < 1.29 is 4.42 Å². The van der Waals surface area contributed by atoms with Crippen molar-refractivity contribution in [2.75, 3.05) is 0 Å². The summed E-state index contributed by atoms with van der Waals surface area (Å²) in [4.78, 5) is 0. The molecule has 2 aliphatic rings. The van der Waals surface area contributed by atoms with E-state index >= 15 is 0 Å². The van der Waals surface area contributed by atoms with E-state index in [2.05, 4.69) is 279 Å². The maximum absolute atomic E-state index is 6.95. The minimum absolute atomic E-state index is 0.470. The monoisotopic (exact) mass is 1070 g/mol. The van der Waals surface area contributed by atoms with Crippen molar-refractivity contribution in [3.05, 3.63) is 324 Å². The Morgan fingerprint density at radius 1 is 0.259 bits per heavy atom. The highest BCUT2D eigenvalue weighted by molar-refractivity contribution is 7.26. The lowest BCUT2D eigenvalue weighted by Gasteiger charge is -2.34. The third kappa shape index (κ3) is 6.68. The van der Waals surface area contributed by atoms with Crippen LogP contribution in [0, 0.1) is 0 Å². The molecule has 12 aromatic carbocycles. The molecule has 81 heavy (non-hydrogen) atoms. The van der Waals surface area contributed by atoms with E-state index in [4.69, 9.17) is 14.6 Å². The normalized spacial score (nSPS) is 13.6. The molecule has 3 aromatic heterocycles. The van der Waals surface area contributed by atoms with Gasteiger partial charge in [0.2, 0.25) is 11.8 Å². The van der Waals surface area contributed by atoms with Crippen LogP contribution in [0.4, 0.5) is 0 Å². The Bertz CT molecular complexity index is 4600. The second-order valence-corrected chi connectivity index (χ2v) is 23.6. The van der Waals surface area contributed by atoms with Crippen LogP contribution >= 0.6 is 22.7 Å². The number of fused-ring (bicyclic) bond motifs is 12. The van der Waals surface area contributed by atoms with Crippen LogP contribution < -0.4 is 0 Å². The molecular formula is C76H46N2OS2. The Hall–Kier alpha value is -9.78. The highest BCUT2D eigenvalue weighted by atomic mass is 32.1. The first-order chi connectivity index (χ1) is 40.1. The first-order valence-electron chi connectivity index (χ1n) is 27.6. The lowest BCUT2D eigenvalue weighted by atomic mass is 9.67. The molecule has 0 unspecified atom stereocenters. The van der Waals surface area contributed by atoms with Gasteiger partial charge in [0.15, 0.2) is 0 Å². The van der Waals surface area contributed by atoms with Gasteiger partial charge < -0.3 is 4.42 Å². The fraction of sp³-hybridized carbons (Fsp3) is 0.0263. The summed E-state index contributed by atoms with van der Waals surface area (Å²) in [6.07, 6.45) is 0. The molecule has 0 N–H and O–H groups in total. The molecule has 17 rings (SSSR count). The van der Waals surface area contributed by atoms with Crippen molar-refractivity contribution >= 4 is 63.0 Å². The van der Waals surface area contributed by atoms with Gasteiger partial charge in [0.1, 0.15) is 0 Å². The van der Waals surface area contributed by atoms with Crippen LogP contribution in [0.3, 0.4) is 0 Å². The van der Waals surface area contributed by atoms with E-state index in [1.54, 1.807) is 0 Å². The van der Waals surface area contributed by atoms with Gasteiger partial charge in [0.25, 0.3) is 0 Å².